The maximum atomic E-state index is 4.80. The normalized spacial score (nSPS) is 18.4. The topological polar surface area (TPSA) is 42.2 Å². The van der Waals surface area contributed by atoms with E-state index in [1.165, 1.54) is 12.0 Å². The molecule has 1 fully saturated rings. The Hall–Kier alpha value is -2.20. The summed E-state index contributed by atoms with van der Waals surface area (Å²) in [6, 6.07) is 15.0. The quantitative estimate of drug-likeness (QED) is 0.783. The van der Waals surface area contributed by atoms with Crippen LogP contribution < -0.4 is 5.32 Å². The maximum absolute atomic E-state index is 4.80. The number of rotatable bonds is 2. The predicted octanol–water partition coefficient (Wildman–Crippen LogP) is 3.13. The van der Waals surface area contributed by atoms with E-state index in [0.717, 1.165) is 35.7 Å². The van der Waals surface area contributed by atoms with Crippen LogP contribution in [0.4, 0.5) is 0 Å². The molecular weight excluding hydrogens is 260 g/mol. The van der Waals surface area contributed by atoms with Crippen LogP contribution in [0, 0.1) is 6.92 Å². The Labute approximate surface area is 123 Å². The van der Waals surface area contributed by atoms with Crippen molar-refractivity contribution in [3.8, 4) is 11.3 Å². The van der Waals surface area contributed by atoms with E-state index in [2.05, 4.69) is 46.7 Å². The fraction of sp³-hybridized carbons (Fsp3) is 0.294. The van der Waals surface area contributed by atoms with Crippen molar-refractivity contribution >= 4 is 5.65 Å². The second-order valence-electron chi connectivity index (χ2n) is 5.64. The Morgan fingerprint density at radius 1 is 1.19 bits per heavy atom. The molecule has 1 N–H and O–H groups in total. The number of hydrogen-bond donors (Lipinski definition) is 1. The first-order valence-electron chi connectivity index (χ1n) is 7.47. The summed E-state index contributed by atoms with van der Waals surface area (Å²) in [6.45, 7) is 3.11. The van der Waals surface area contributed by atoms with Gasteiger partial charge in [-0.25, -0.2) is 9.50 Å². The van der Waals surface area contributed by atoms with Crippen LogP contribution in [0.2, 0.25) is 0 Å². The van der Waals surface area contributed by atoms with E-state index in [1.807, 2.05) is 17.5 Å². The van der Waals surface area contributed by atoms with Crippen molar-refractivity contribution in [3.05, 3.63) is 53.9 Å². The summed E-state index contributed by atoms with van der Waals surface area (Å²) in [5.74, 6) is 0. The van der Waals surface area contributed by atoms with Crippen LogP contribution in [0.15, 0.2) is 42.5 Å². The van der Waals surface area contributed by atoms with Gasteiger partial charge < -0.3 is 5.32 Å². The van der Waals surface area contributed by atoms with Crippen LogP contribution >= 0.6 is 0 Å². The molecule has 1 aliphatic heterocycles. The Morgan fingerprint density at radius 2 is 2.05 bits per heavy atom. The molecule has 4 heteroatoms. The van der Waals surface area contributed by atoms with Crippen molar-refractivity contribution in [2.24, 2.45) is 0 Å². The molecule has 4 rings (SSSR count). The van der Waals surface area contributed by atoms with Crippen molar-refractivity contribution < 1.29 is 0 Å². The van der Waals surface area contributed by atoms with E-state index in [-0.39, 0.29) is 0 Å². The van der Waals surface area contributed by atoms with Gasteiger partial charge in [0, 0.05) is 17.3 Å². The van der Waals surface area contributed by atoms with E-state index >= 15 is 0 Å². The molecule has 0 bridgehead atoms. The van der Waals surface area contributed by atoms with Gasteiger partial charge in [-0.15, -0.1) is 0 Å². The van der Waals surface area contributed by atoms with Gasteiger partial charge in [0.05, 0.1) is 17.4 Å². The van der Waals surface area contributed by atoms with Crippen LogP contribution in [0.1, 0.15) is 30.3 Å². The molecule has 1 saturated heterocycles. The zero-order valence-corrected chi connectivity index (χ0v) is 12.1. The Balaban J connectivity index is 1.89. The summed E-state index contributed by atoms with van der Waals surface area (Å²) in [6.07, 6.45) is 2.38. The van der Waals surface area contributed by atoms with Crippen LogP contribution in [0.3, 0.4) is 0 Å². The summed E-state index contributed by atoms with van der Waals surface area (Å²) < 4.78 is 1.97. The number of aryl methyl sites for hydroxylation is 1. The standard InChI is InChI=1S/C17H18N4/c1-12-10-16(13-6-3-2-4-7-13)21-17(19-12)11-15(20-21)14-8-5-9-18-14/h2-4,6-7,10-11,14,18H,5,8-9H2,1H3. The van der Waals surface area contributed by atoms with Crippen molar-refractivity contribution in [2.45, 2.75) is 25.8 Å². The largest absolute Gasteiger partial charge is 0.309 e. The lowest BCUT2D eigenvalue weighted by Crippen LogP contribution is -2.13. The number of aromatic nitrogens is 3. The van der Waals surface area contributed by atoms with Crippen LogP contribution in [0.5, 0.6) is 0 Å². The van der Waals surface area contributed by atoms with E-state index in [0.29, 0.717) is 6.04 Å². The van der Waals surface area contributed by atoms with Crippen molar-refractivity contribution in [2.75, 3.05) is 6.54 Å². The molecule has 106 valence electrons. The highest BCUT2D eigenvalue weighted by Crippen LogP contribution is 2.26. The van der Waals surface area contributed by atoms with E-state index < -0.39 is 0 Å². The molecule has 2 aromatic heterocycles. The molecule has 3 heterocycles. The summed E-state index contributed by atoms with van der Waals surface area (Å²) in [5, 5.41) is 8.31. The Morgan fingerprint density at radius 3 is 2.81 bits per heavy atom. The number of benzene rings is 1. The van der Waals surface area contributed by atoms with Gasteiger partial charge in [-0.3, -0.25) is 0 Å². The molecule has 0 saturated carbocycles. The molecular formula is C17H18N4. The summed E-state index contributed by atoms with van der Waals surface area (Å²) in [5.41, 5.74) is 5.32. The molecule has 1 atom stereocenters. The fourth-order valence-corrected chi connectivity index (χ4v) is 3.04. The second kappa shape index (κ2) is 4.97. The van der Waals surface area contributed by atoms with E-state index in [9.17, 15) is 0 Å². The van der Waals surface area contributed by atoms with Crippen LogP contribution in [-0.2, 0) is 0 Å². The average molecular weight is 278 g/mol. The molecule has 0 spiro atoms. The van der Waals surface area contributed by atoms with Gasteiger partial charge in [0.1, 0.15) is 0 Å². The SMILES string of the molecule is Cc1cc(-c2ccccc2)n2nc(C3CCCN3)cc2n1. The molecule has 3 aromatic rings. The van der Waals surface area contributed by atoms with Gasteiger partial charge in [-0.1, -0.05) is 30.3 Å². The van der Waals surface area contributed by atoms with E-state index in [1.54, 1.807) is 0 Å². The highest BCUT2D eigenvalue weighted by molar-refractivity contribution is 5.63. The summed E-state index contributed by atoms with van der Waals surface area (Å²) in [7, 11) is 0. The average Bonchev–Trinajstić information content (AvgIpc) is 3.16. The minimum absolute atomic E-state index is 0.371. The molecule has 1 aliphatic rings. The molecule has 0 radical (unpaired) electrons. The number of hydrogen-bond acceptors (Lipinski definition) is 3. The molecule has 1 unspecified atom stereocenters. The first-order chi connectivity index (χ1) is 10.3. The highest BCUT2D eigenvalue weighted by Gasteiger charge is 2.20. The van der Waals surface area contributed by atoms with Crippen molar-refractivity contribution in [1.82, 2.24) is 19.9 Å². The zero-order chi connectivity index (χ0) is 14.2. The van der Waals surface area contributed by atoms with Gasteiger partial charge in [0.2, 0.25) is 0 Å². The lowest BCUT2D eigenvalue weighted by Gasteiger charge is -2.07. The summed E-state index contributed by atoms with van der Waals surface area (Å²) in [4.78, 5) is 4.63. The second-order valence-corrected chi connectivity index (χ2v) is 5.64. The lowest BCUT2D eigenvalue weighted by molar-refractivity contribution is 0.621. The highest BCUT2D eigenvalue weighted by atomic mass is 15.3. The smallest absolute Gasteiger partial charge is 0.156 e. The molecule has 0 amide bonds. The third-order valence-corrected chi connectivity index (χ3v) is 4.06. The molecule has 0 aliphatic carbocycles. The maximum Gasteiger partial charge on any atom is 0.156 e. The first kappa shape index (κ1) is 12.5. The molecule has 4 nitrogen and oxygen atoms in total. The fourth-order valence-electron chi connectivity index (χ4n) is 3.04. The monoisotopic (exact) mass is 278 g/mol. The number of nitrogens with zero attached hydrogens (tertiary/aromatic N) is 3. The summed E-state index contributed by atoms with van der Waals surface area (Å²) >= 11 is 0. The number of nitrogens with one attached hydrogen (secondary N) is 1. The molecule has 21 heavy (non-hydrogen) atoms. The van der Waals surface area contributed by atoms with Crippen molar-refractivity contribution in [3.63, 3.8) is 0 Å². The Bertz CT molecular complexity index is 770. The first-order valence-corrected chi connectivity index (χ1v) is 7.47. The van der Waals surface area contributed by atoms with Crippen LogP contribution in [-0.4, -0.2) is 21.1 Å². The van der Waals surface area contributed by atoms with Gasteiger partial charge in [0.15, 0.2) is 5.65 Å². The number of fused-ring (bicyclic) bond motifs is 1. The lowest BCUT2D eigenvalue weighted by atomic mass is 10.1. The van der Waals surface area contributed by atoms with Gasteiger partial charge in [0.25, 0.3) is 0 Å². The van der Waals surface area contributed by atoms with Gasteiger partial charge in [-0.05, 0) is 32.4 Å². The van der Waals surface area contributed by atoms with Crippen LogP contribution in [0.25, 0.3) is 16.9 Å². The van der Waals surface area contributed by atoms with Crippen molar-refractivity contribution in [1.29, 1.82) is 0 Å². The predicted molar refractivity (Wildman–Crippen MR) is 83.1 cm³/mol. The van der Waals surface area contributed by atoms with Gasteiger partial charge in [-0.2, -0.15) is 5.10 Å². The third kappa shape index (κ3) is 2.21. The minimum Gasteiger partial charge on any atom is -0.309 e. The van der Waals surface area contributed by atoms with Gasteiger partial charge >= 0.3 is 0 Å². The molecule has 1 aromatic carbocycles. The minimum atomic E-state index is 0.371. The Kier molecular flexibility index (Phi) is 2.97. The zero-order valence-electron chi connectivity index (χ0n) is 12.1. The van der Waals surface area contributed by atoms with E-state index in [4.69, 9.17) is 5.10 Å². The third-order valence-electron chi connectivity index (χ3n) is 4.06.